The number of fused-ring (bicyclic) bond motifs is 1. The molecule has 1 aromatic heterocycles. The van der Waals surface area contributed by atoms with Crippen LogP contribution in [-0.2, 0) is 22.3 Å². The SMILES string of the molecule is COc1cc(/C=C/c2cccc(-c3cccc(Nc4n[nH]c5ccc(CN6CC[C@@H](OC(C)=O)C6)cc45)c3C)c2C)c(C(F)(F)F)cc1C=O. The molecule has 1 aliphatic rings. The summed E-state index contributed by atoms with van der Waals surface area (Å²) in [5, 5.41) is 12.1. The van der Waals surface area contributed by atoms with E-state index in [4.69, 9.17) is 9.47 Å². The van der Waals surface area contributed by atoms with Gasteiger partial charge in [-0.15, -0.1) is 0 Å². The van der Waals surface area contributed by atoms with Crippen molar-refractivity contribution in [3.05, 3.63) is 106 Å². The van der Waals surface area contributed by atoms with Crippen LogP contribution in [0.5, 0.6) is 5.75 Å². The monoisotopic (exact) mass is 682 g/mol. The highest BCUT2D eigenvalue weighted by molar-refractivity contribution is 5.93. The second-order valence-corrected chi connectivity index (χ2v) is 12.5. The number of hydrogen-bond acceptors (Lipinski definition) is 7. The number of alkyl halides is 3. The number of aromatic nitrogens is 2. The van der Waals surface area contributed by atoms with E-state index in [2.05, 4.69) is 32.5 Å². The molecular formula is C39H37F3N4O4. The number of likely N-dealkylation sites (tertiary alicyclic amines) is 1. The zero-order valence-corrected chi connectivity index (χ0v) is 28.1. The summed E-state index contributed by atoms with van der Waals surface area (Å²) in [6.07, 6.45) is -0.518. The van der Waals surface area contributed by atoms with Crippen LogP contribution in [0.1, 0.15) is 57.1 Å². The first-order valence-corrected chi connectivity index (χ1v) is 16.2. The highest BCUT2D eigenvalue weighted by atomic mass is 19.4. The van der Waals surface area contributed by atoms with E-state index in [1.807, 2.05) is 56.3 Å². The summed E-state index contributed by atoms with van der Waals surface area (Å²) < 4.78 is 52.3. The van der Waals surface area contributed by atoms with E-state index >= 15 is 0 Å². The van der Waals surface area contributed by atoms with Crippen LogP contribution in [0.4, 0.5) is 24.7 Å². The summed E-state index contributed by atoms with van der Waals surface area (Å²) in [7, 11) is 1.31. The fourth-order valence-electron chi connectivity index (χ4n) is 6.54. The molecule has 1 fully saturated rings. The fourth-order valence-corrected chi connectivity index (χ4v) is 6.54. The summed E-state index contributed by atoms with van der Waals surface area (Å²) >= 11 is 0. The van der Waals surface area contributed by atoms with Crippen LogP contribution in [0.25, 0.3) is 34.2 Å². The standard InChI is InChI=1S/C39H37F3N4O4/c1-23-27(12-13-28-19-37(49-4)29(22-47)18-34(28)39(40,41)42)7-5-8-31(23)32-9-6-10-35(24(32)2)43-38-33-17-26(11-14-36(33)44-45-38)20-46-16-15-30(21-46)50-25(3)48/h5-14,17-19,22,30H,15-16,20-21H2,1-4H3,(H2,43,44,45)/b13-12+/t30-/m1/s1. The van der Waals surface area contributed by atoms with E-state index in [9.17, 15) is 22.8 Å². The highest BCUT2D eigenvalue weighted by Crippen LogP contribution is 2.38. The van der Waals surface area contributed by atoms with Crippen molar-refractivity contribution in [2.75, 3.05) is 25.5 Å². The van der Waals surface area contributed by atoms with Crippen LogP contribution in [0, 0.1) is 13.8 Å². The zero-order valence-electron chi connectivity index (χ0n) is 28.1. The van der Waals surface area contributed by atoms with E-state index in [1.165, 1.54) is 26.2 Å². The number of nitrogens with one attached hydrogen (secondary N) is 2. The minimum absolute atomic E-state index is 0.0694. The molecule has 0 saturated carbocycles. The molecule has 258 valence electrons. The fraction of sp³-hybridized carbons (Fsp3) is 0.256. The van der Waals surface area contributed by atoms with Gasteiger partial charge in [0.05, 0.1) is 23.8 Å². The van der Waals surface area contributed by atoms with E-state index < -0.39 is 11.7 Å². The Morgan fingerprint density at radius 2 is 1.74 bits per heavy atom. The Labute approximate surface area is 287 Å². The number of nitrogens with zero attached hydrogens (tertiary/aromatic N) is 2. The molecule has 0 amide bonds. The molecule has 5 aromatic rings. The van der Waals surface area contributed by atoms with Crippen LogP contribution in [0.2, 0.25) is 0 Å². The number of carbonyl (C=O) groups excluding carboxylic acids is 2. The number of hydrogen-bond donors (Lipinski definition) is 2. The molecule has 8 nitrogen and oxygen atoms in total. The van der Waals surface area contributed by atoms with Crippen molar-refractivity contribution in [1.82, 2.24) is 15.1 Å². The van der Waals surface area contributed by atoms with Gasteiger partial charge in [-0.3, -0.25) is 19.6 Å². The molecule has 2 heterocycles. The van der Waals surface area contributed by atoms with E-state index in [1.54, 1.807) is 6.08 Å². The molecule has 1 atom stereocenters. The number of esters is 1. The number of ether oxygens (including phenoxy) is 2. The molecule has 0 unspecified atom stereocenters. The Balaban J connectivity index is 1.26. The predicted molar refractivity (Wildman–Crippen MR) is 188 cm³/mol. The van der Waals surface area contributed by atoms with Gasteiger partial charge in [0.2, 0.25) is 0 Å². The summed E-state index contributed by atoms with van der Waals surface area (Å²) in [5.74, 6) is 0.501. The Morgan fingerprint density at radius 1 is 1.00 bits per heavy atom. The second kappa shape index (κ2) is 14.2. The van der Waals surface area contributed by atoms with Gasteiger partial charge in [0.1, 0.15) is 11.9 Å². The highest BCUT2D eigenvalue weighted by Gasteiger charge is 2.34. The lowest BCUT2D eigenvalue weighted by Crippen LogP contribution is -2.24. The van der Waals surface area contributed by atoms with E-state index in [-0.39, 0.29) is 28.9 Å². The molecule has 0 spiro atoms. The van der Waals surface area contributed by atoms with Gasteiger partial charge in [-0.05, 0) is 89.5 Å². The van der Waals surface area contributed by atoms with Crippen molar-refractivity contribution in [2.24, 2.45) is 0 Å². The smallest absolute Gasteiger partial charge is 0.417 e. The van der Waals surface area contributed by atoms with E-state index in [0.717, 1.165) is 75.5 Å². The third kappa shape index (κ3) is 7.28. The number of aldehydes is 1. The number of aromatic amines is 1. The van der Waals surface area contributed by atoms with Gasteiger partial charge in [0.25, 0.3) is 0 Å². The summed E-state index contributed by atoms with van der Waals surface area (Å²) in [6.45, 7) is 7.68. The molecule has 1 aliphatic heterocycles. The van der Waals surface area contributed by atoms with Crippen molar-refractivity contribution < 1.29 is 32.2 Å². The van der Waals surface area contributed by atoms with Gasteiger partial charge in [-0.25, -0.2) is 0 Å². The molecule has 1 saturated heterocycles. The van der Waals surface area contributed by atoms with Gasteiger partial charge in [0.15, 0.2) is 12.1 Å². The topological polar surface area (TPSA) is 96.5 Å². The summed E-state index contributed by atoms with van der Waals surface area (Å²) in [5.41, 5.74) is 6.21. The Morgan fingerprint density at radius 3 is 2.46 bits per heavy atom. The maximum atomic E-state index is 13.9. The van der Waals surface area contributed by atoms with Crippen LogP contribution < -0.4 is 10.1 Å². The minimum atomic E-state index is -4.66. The molecule has 11 heteroatoms. The third-order valence-corrected chi connectivity index (χ3v) is 9.12. The van der Waals surface area contributed by atoms with Gasteiger partial charge >= 0.3 is 12.1 Å². The van der Waals surface area contributed by atoms with Gasteiger partial charge in [0, 0.05) is 37.6 Å². The lowest BCUT2D eigenvalue weighted by atomic mass is 9.92. The zero-order chi connectivity index (χ0) is 35.6. The number of halogens is 3. The molecule has 0 radical (unpaired) electrons. The molecule has 2 N–H and O–H groups in total. The number of rotatable bonds is 10. The van der Waals surface area contributed by atoms with Crippen molar-refractivity contribution >= 4 is 46.8 Å². The lowest BCUT2D eigenvalue weighted by molar-refractivity contribution is -0.145. The molecular weight excluding hydrogens is 645 g/mol. The van der Waals surface area contributed by atoms with Crippen molar-refractivity contribution in [3.8, 4) is 16.9 Å². The van der Waals surface area contributed by atoms with Crippen molar-refractivity contribution in [3.63, 3.8) is 0 Å². The number of methoxy groups -OCH3 is 1. The molecule has 0 aliphatic carbocycles. The second-order valence-electron chi connectivity index (χ2n) is 12.5. The third-order valence-electron chi connectivity index (χ3n) is 9.12. The van der Waals surface area contributed by atoms with Crippen LogP contribution in [0.15, 0.2) is 66.7 Å². The molecule has 50 heavy (non-hydrogen) atoms. The first kappa shape index (κ1) is 34.4. The quantitative estimate of drug-likeness (QED) is 0.0864. The first-order valence-electron chi connectivity index (χ1n) is 16.2. The molecule has 6 rings (SSSR count). The largest absolute Gasteiger partial charge is 0.496 e. The minimum Gasteiger partial charge on any atom is -0.496 e. The van der Waals surface area contributed by atoms with Crippen molar-refractivity contribution in [1.29, 1.82) is 0 Å². The summed E-state index contributed by atoms with van der Waals surface area (Å²) in [4.78, 5) is 25.0. The number of carbonyl (C=O) groups is 2. The predicted octanol–water partition coefficient (Wildman–Crippen LogP) is 8.74. The van der Waals surface area contributed by atoms with Gasteiger partial charge in [-0.1, -0.05) is 48.6 Å². The number of benzene rings is 4. The Bertz CT molecular complexity index is 2100. The number of anilines is 2. The van der Waals surface area contributed by atoms with Crippen molar-refractivity contribution in [2.45, 2.75) is 46.0 Å². The first-order chi connectivity index (χ1) is 23.9. The van der Waals surface area contributed by atoms with E-state index in [0.29, 0.717) is 18.6 Å². The molecule has 0 bridgehead atoms. The van der Waals surface area contributed by atoms with Crippen LogP contribution in [0.3, 0.4) is 0 Å². The van der Waals surface area contributed by atoms with Crippen LogP contribution in [-0.4, -0.2) is 53.7 Å². The van der Waals surface area contributed by atoms with Crippen LogP contribution >= 0.6 is 0 Å². The van der Waals surface area contributed by atoms with Gasteiger partial charge < -0.3 is 14.8 Å². The normalized spacial score (nSPS) is 15.1. The number of H-pyrrole nitrogens is 1. The Hall–Kier alpha value is -5.42. The molecule has 4 aromatic carbocycles. The maximum absolute atomic E-state index is 13.9. The maximum Gasteiger partial charge on any atom is 0.417 e. The van der Waals surface area contributed by atoms with Gasteiger partial charge in [-0.2, -0.15) is 18.3 Å². The average molecular weight is 683 g/mol. The summed E-state index contributed by atoms with van der Waals surface area (Å²) in [6, 6.07) is 19.9. The average Bonchev–Trinajstić information content (AvgIpc) is 3.70. The lowest BCUT2D eigenvalue weighted by Gasteiger charge is -2.17. The Kier molecular flexibility index (Phi) is 9.79.